The number of aromatic nitrogens is 2. The molecule has 2 aromatic rings. The molecule has 0 saturated heterocycles. The van der Waals surface area contributed by atoms with Crippen LogP contribution in [0.3, 0.4) is 0 Å². The van der Waals surface area contributed by atoms with Crippen molar-refractivity contribution in [1.82, 2.24) is 9.55 Å². The van der Waals surface area contributed by atoms with Crippen LogP contribution in [0.1, 0.15) is 33.4 Å². The number of carbonyl (C=O) groups is 1. The summed E-state index contributed by atoms with van der Waals surface area (Å²) in [7, 11) is 0. The quantitative estimate of drug-likeness (QED) is 0.384. The lowest BCUT2D eigenvalue weighted by Gasteiger charge is -2.23. The third-order valence-corrected chi connectivity index (χ3v) is 6.43. The molecule has 3 rings (SSSR count). The second kappa shape index (κ2) is 8.61. The molecular formula is C20H24N2O4S2. The van der Waals surface area contributed by atoms with Crippen LogP contribution in [0.15, 0.2) is 39.1 Å². The van der Waals surface area contributed by atoms with Gasteiger partial charge in [-0.05, 0) is 52.0 Å². The van der Waals surface area contributed by atoms with Crippen molar-refractivity contribution in [3.05, 3.63) is 40.3 Å². The summed E-state index contributed by atoms with van der Waals surface area (Å²) in [5, 5.41) is 0.494. The van der Waals surface area contributed by atoms with E-state index in [1.54, 1.807) is 25.3 Å². The van der Waals surface area contributed by atoms with Crippen molar-refractivity contribution in [1.29, 1.82) is 0 Å². The summed E-state index contributed by atoms with van der Waals surface area (Å²) >= 11 is 2.78. The Morgan fingerprint density at radius 2 is 1.96 bits per heavy atom. The number of thioether (sulfide) groups is 2. The Hall–Kier alpha value is -1.93. The van der Waals surface area contributed by atoms with Gasteiger partial charge in [0.05, 0.1) is 29.5 Å². The predicted molar refractivity (Wildman–Crippen MR) is 112 cm³/mol. The van der Waals surface area contributed by atoms with Crippen LogP contribution in [0, 0.1) is 0 Å². The first kappa shape index (κ1) is 20.8. The Labute approximate surface area is 173 Å². The summed E-state index contributed by atoms with van der Waals surface area (Å²) in [6.07, 6.45) is 0.757. The largest absolute Gasteiger partial charge is 0.494 e. The number of rotatable bonds is 7. The van der Waals surface area contributed by atoms with E-state index >= 15 is 0 Å². The molecule has 0 radical (unpaired) electrons. The first-order chi connectivity index (χ1) is 13.4. The van der Waals surface area contributed by atoms with Crippen molar-refractivity contribution in [2.24, 2.45) is 0 Å². The van der Waals surface area contributed by atoms with Gasteiger partial charge in [-0.15, -0.1) is 11.8 Å². The maximum atomic E-state index is 13.2. The first-order valence-electron chi connectivity index (χ1n) is 9.25. The molecule has 0 amide bonds. The van der Waals surface area contributed by atoms with E-state index in [0.29, 0.717) is 29.0 Å². The van der Waals surface area contributed by atoms with Gasteiger partial charge >= 0.3 is 5.97 Å². The van der Waals surface area contributed by atoms with E-state index < -0.39 is 4.75 Å². The van der Waals surface area contributed by atoms with E-state index in [2.05, 4.69) is 0 Å². The van der Waals surface area contributed by atoms with Crippen LogP contribution in [-0.2, 0) is 16.0 Å². The van der Waals surface area contributed by atoms with Gasteiger partial charge in [-0.25, -0.2) is 4.98 Å². The number of aryl methyl sites for hydroxylation is 1. The van der Waals surface area contributed by atoms with Crippen LogP contribution in [0.2, 0.25) is 0 Å². The van der Waals surface area contributed by atoms with Crippen LogP contribution >= 0.6 is 23.5 Å². The normalized spacial score (nSPS) is 13.3. The molecule has 0 aliphatic carbocycles. The van der Waals surface area contributed by atoms with Gasteiger partial charge < -0.3 is 9.47 Å². The molecule has 6 nitrogen and oxygen atoms in total. The van der Waals surface area contributed by atoms with Crippen molar-refractivity contribution in [3.63, 3.8) is 0 Å². The fraction of sp³-hybridized carbons (Fsp3) is 0.450. The molecule has 1 aromatic carbocycles. The lowest BCUT2D eigenvalue weighted by Crippen LogP contribution is -2.32. The maximum absolute atomic E-state index is 13.2. The molecule has 0 bridgehead atoms. The van der Waals surface area contributed by atoms with Gasteiger partial charge in [0, 0.05) is 12.2 Å². The predicted octanol–water partition coefficient (Wildman–Crippen LogP) is 3.71. The molecule has 0 unspecified atom stereocenters. The number of benzene rings is 1. The molecule has 0 atom stereocenters. The van der Waals surface area contributed by atoms with Crippen LogP contribution in [-0.4, -0.2) is 39.2 Å². The minimum Gasteiger partial charge on any atom is -0.494 e. The summed E-state index contributed by atoms with van der Waals surface area (Å²) in [4.78, 5) is 31.0. The molecular weight excluding hydrogens is 396 g/mol. The van der Waals surface area contributed by atoms with Crippen molar-refractivity contribution in [3.8, 4) is 11.4 Å². The highest BCUT2D eigenvalue weighted by molar-refractivity contribution is 8.01. The van der Waals surface area contributed by atoms with Gasteiger partial charge in [0.2, 0.25) is 0 Å². The van der Waals surface area contributed by atoms with Crippen molar-refractivity contribution in [2.75, 3.05) is 19.0 Å². The summed E-state index contributed by atoms with van der Waals surface area (Å²) in [5.74, 6) is 1.25. The van der Waals surface area contributed by atoms with Gasteiger partial charge in [-0.1, -0.05) is 11.8 Å². The first-order valence-corrected chi connectivity index (χ1v) is 11.1. The minimum atomic E-state index is -0.873. The van der Waals surface area contributed by atoms with E-state index in [-0.39, 0.29) is 11.5 Å². The third-order valence-electron chi connectivity index (χ3n) is 4.19. The zero-order valence-corrected chi connectivity index (χ0v) is 18.1. The summed E-state index contributed by atoms with van der Waals surface area (Å²) in [6, 6.07) is 7.33. The number of hydrogen-bond acceptors (Lipinski definition) is 7. The third kappa shape index (κ3) is 4.22. The van der Waals surface area contributed by atoms with Crippen molar-refractivity contribution < 1.29 is 14.3 Å². The molecule has 0 spiro atoms. The van der Waals surface area contributed by atoms with E-state index in [1.165, 1.54) is 23.5 Å². The smallest absolute Gasteiger partial charge is 0.322 e. The van der Waals surface area contributed by atoms with Gasteiger partial charge in [0.15, 0.2) is 5.16 Å². The number of carbonyl (C=O) groups excluding carboxylic acids is 1. The summed E-state index contributed by atoms with van der Waals surface area (Å²) < 4.78 is 11.4. The van der Waals surface area contributed by atoms with E-state index in [1.807, 2.05) is 31.2 Å². The molecule has 0 saturated carbocycles. The molecule has 1 aliphatic rings. The highest BCUT2D eigenvalue weighted by atomic mass is 32.2. The van der Waals surface area contributed by atoms with Gasteiger partial charge in [0.25, 0.3) is 5.56 Å². The topological polar surface area (TPSA) is 70.4 Å². The van der Waals surface area contributed by atoms with E-state index in [4.69, 9.17) is 14.5 Å². The molecule has 150 valence electrons. The number of ether oxygens (including phenoxy) is 2. The van der Waals surface area contributed by atoms with Crippen molar-refractivity contribution in [2.45, 2.75) is 48.9 Å². The van der Waals surface area contributed by atoms with Gasteiger partial charge in [-0.3, -0.25) is 14.2 Å². The Morgan fingerprint density at radius 1 is 1.25 bits per heavy atom. The van der Waals surface area contributed by atoms with Crippen LogP contribution in [0.4, 0.5) is 0 Å². The maximum Gasteiger partial charge on any atom is 0.322 e. The highest BCUT2D eigenvalue weighted by Gasteiger charge is 2.34. The average molecular weight is 421 g/mol. The Morgan fingerprint density at radius 3 is 2.61 bits per heavy atom. The van der Waals surface area contributed by atoms with Crippen LogP contribution < -0.4 is 10.3 Å². The van der Waals surface area contributed by atoms with Crippen LogP contribution in [0.5, 0.6) is 5.75 Å². The molecule has 1 aromatic heterocycles. The number of nitrogens with zero attached hydrogens (tertiary/aromatic N) is 2. The highest BCUT2D eigenvalue weighted by Crippen LogP contribution is 2.36. The molecule has 28 heavy (non-hydrogen) atoms. The molecule has 2 heterocycles. The Bertz CT molecular complexity index is 923. The fourth-order valence-corrected chi connectivity index (χ4v) is 4.88. The molecule has 1 aliphatic heterocycles. The standard InChI is InChI=1S/C20H24N2O4S2/c1-5-25-14-9-7-13(8-10-14)22-17(23)16-15(11-12-27-16)21-19(22)28-20(3,4)18(24)26-6-2/h7-10H,5-6,11-12H2,1-4H3. The monoisotopic (exact) mass is 420 g/mol. The Kier molecular flexibility index (Phi) is 6.40. The second-order valence-electron chi connectivity index (χ2n) is 6.67. The van der Waals surface area contributed by atoms with Crippen molar-refractivity contribution >= 4 is 29.5 Å². The summed E-state index contributed by atoms with van der Waals surface area (Å²) in [5.41, 5.74) is 1.40. The average Bonchev–Trinajstić information content (AvgIpc) is 3.12. The van der Waals surface area contributed by atoms with E-state index in [0.717, 1.165) is 23.6 Å². The Balaban J connectivity index is 2.08. The van der Waals surface area contributed by atoms with Gasteiger partial charge in [0.1, 0.15) is 10.5 Å². The second-order valence-corrected chi connectivity index (χ2v) is 9.36. The number of hydrogen-bond donors (Lipinski definition) is 0. The zero-order chi connectivity index (χ0) is 20.3. The minimum absolute atomic E-state index is 0.0983. The van der Waals surface area contributed by atoms with Crippen LogP contribution in [0.25, 0.3) is 5.69 Å². The SMILES string of the molecule is CCOC(=O)C(C)(C)Sc1nc2c(c(=O)n1-c1ccc(OCC)cc1)SCC2. The lowest BCUT2D eigenvalue weighted by atomic mass is 10.2. The molecule has 0 N–H and O–H groups in total. The fourth-order valence-electron chi connectivity index (χ4n) is 2.82. The van der Waals surface area contributed by atoms with E-state index in [9.17, 15) is 9.59 Å². The molecule has 0 fully saturated rings. The summed E-state index contributed by atoms with van der Waals surface area (Å²) in [6.45, 7) is 8.15. The zero-order valence-electron chi connectivity index (χ0n) is 16.5. The lowest BCUT2D eigenvalue weighted by molar-refractivity contribution is -0.145. The number of esters is 1. The molecule has 8 heteroatoms. The van der Waals surface area contributed by atoms with Gasteiger partial charge in [-0.2, -0.15) is 0 Å². The number of fused-ring (bicyclic) bond motifs is 1.